The number of carboxylic acid groups (broad SMARTS) is 2. The zero-order valence-corrected chi connectivity index (χ0v) is 20.4. The third kappa shape index (κ3) is 11.8. The van der Waals surface area contributed by atoms with Gasteiger partial charge in [0.15, 0.2) is 0 Å². The summed E-state index contributed by atoms with van der Waals surface area (Å²) in [5.41, 5.74) is 0. The monoisotopic (exact) mass is 535 g/mol. The van der Waals surface area contributed by atoms with Gasteiger partial charge in [0.2, 0.25) is 5.91 Å². The molecule has 2 heterocycles. The molecule has 1 aliphatic carbocycles. The maximum atomic E-state index is 12.5. The van der Waals surface area contributed by atoms with Gasteiger partial charge in [-0.2, -0.15) is 26.3 Å². The number of fused-ring (bicyclic) bond motifs is 1. The molecule has 2 N–H and O–H groups in total. The number of hydrogen-bond donors (Lipinski definition) is 2. The molecule has 0 spiro atoms. The Morgan fingerprint density at radius 3 is 1.75 bits per heavy atom. The van der Waals surface area contributed by atoms with E-state index in [9.17, 15) is 31.1 Å². The average molecular weight is 536 g/mol. The van der Waals surface area contributed by atoms with Crippen molar-refractivity contribution in [2.75, 3.05) is 53.4 Å². The number of carboxylic acids is 2. The Bertz CT molecular complexity index is 702. The van der Waals surface area contributed by atoms with Gasteiger partial charge in [0.25, 0.3) is 0 Å². The Morgan fingerprint density at radius 2 is 1.31 bits per heavy atom. The van der Waals surface area contributed by atoms with E-state index in [1.165, 1.54) is 51.7 Å². The summed E-state index contributed by atoms with van der Waals surface area (Å²) in [5.74, 6) is -2.89. The Hall–Kier alpha value is -2.09. The second-order valence-electron chi connectivity index (χ2n) is 9.67. The van der Waals surface area contributed by atoms with E-state index < -0.39 is 24.3 Å². The molecule has 36 heavy (non-hydrogen) atoms. The molecule has 8 nitrogen and oxygen atoms in total. The van der Waals surface area contributed by atoms with Crippen molar-refractivity contribution in [3.05, 3.63) is 0 Å². The van der Waals surface area contributed by atoms with Gasteiger partial charge in [0.05, 0.1) is 0 Å². The highest BCUT2D eigenvalue weighted by atomic mass is 19.4. The van der Waals surface area contributed by atoms with Crippen molar-refractivity contribution in [2.24, 2.45) is 17.8 Å². The first-order valence-corrected chi connectivity index (χ1v) is 11.8. The molecular weight excluding hydrogens is 500 g/mol. The van der Waals surface area contributed by atoms with Crippen LogP contribution in [0.15, 0.2) is 0 Å². The summed E-state index contributed by atoms with van der Waals surface area (Å²) in [6, 6.07) is 0. The van der Waals surface area contributed by atoms with E-state index in [-0.39, 0.29) is 0 Å². The molecule has 14 heteroatoms. The summed E-state index contributed by atoms with van der Waals surface area (Å²) >= 11 is 0. The van der Waals surface area contributed by atoms with Gasteiger partial charge >= 0.3 is 24.3 Å². The molecule has 0 radical (unpaired) electrons. The Balaban J connectivity index is 0.000000383. The van der Waals surface area contributed by atoms with E-state index in [0.717, 1.165) is 37.9 Å². The lowest BCUT2D eigenvalue weighted by Crippen LogP contribution is -2.42. The number of aliphatic carboxylic acids is 2. The van der Waals surface area contributed by atoms with Crippen LogP contribution in [0.25, 0.3) is 0 Å². The van der Waals surface area contributed by atoms with E-state index in [0.29, 0.717) is 11.8 Å². The van der Waals surface area contributed by atoms with Gasteiger partial charge in [-0.05, 0) is 57.7 Å². The van der Waals surface area contributed by atoms with E-state index in [4.69, 9.17) is 19.8 Å². The SMILES string of the molecule is CN(C)CCN1CC[C@H]2CN(C(=O)CC3CCCC3)C[C@H]2C1.O=C(O)C(F)(F)F.O=C(O)C(F)(F)F. The minimum atomic E-state index is -5.08. The molecular formula is C22H35F6N3O5. The van der Waals surface area contributed by atoms with Crippen molar-refractivity contribution >= 4 is 17.8 Å². The standard InChI is InChI=1S/C18H33N3O.2C2HF3O2/c1-19(2)9-10-20-8-7-16-13-21(14-17(16)12-20)18(22)11-15-5-3-4-6-15;2*3-2(4,5)1(6)7/h15-17H,3-14H2,1-2H3;2*(H,6,7)/t16-,17+;;/m0../s1. The quantitative estimate of drug-likeness (QED) is 0.522. The number of likely N-dealkylation sites (tertiary alicyclic amines) is 2. The smallest absolute Gasteiger partial charge is 0.475 e. The zero-order valence-electron chi connectivity index (χ0n) is 20.4. The summed E-state index contributed by atoms with van der Waals surface area (Å²) in [7, 11) is 4.29. The van der Waals surface area contributed by atoms with Crippen LogP contribution in [0.3, 0.4) is 0 Å². The molecule has 2 saturated heterocycles. The van der Waals surface area contributed by atoms with Crippen molar-refractivity contribution < 1.29 is 50.9 Å². The number of piperidine rings is 1. The maximum Gasteiger partial charge on any atom is 0.490 e. The number of alkyl halides is 6. The predicted octanol–water partition coefficient (Wildman–Crippen LogP) is 3.18. The molecule has 0 aromatic heterocycles. The number of nitrogens with zero attached hydrogens (tertiary/aromatic N) is 3. The lowest BCUT2D eigenvalue weighted by atomic mass is 9.89. The van der Waals surface area contributed by atoms with Gasteiger partial charge in [0, 0.05) is 39.1 Å². The molecule has 0 bridgehead atoms. The van der Waals surface area contributed by atoms with Crippen molar-refractivity contribution in [2.45, 2.75) is 50.9 Å². The van der Waals surface area contributed by atoms with E-state index in [1.807, 2.05) is 0 Å². The average Bonchev–Trinajstić information content (AvgIpc) is 3.41. The predicted molar refractivity (Wildman–Crippen MR) is 117 cm³/mol. The van der Waals surface area contributed by atoms with E-state index >= 15 is 0 Å². The third-order valence-electron chi connectivity index (χ3n) is 6.52. The number of rotatable bonds is 5. The molecule has 0 aromatic rings. The van der Waals surface area contributed by atoms with Crippen molar-refractivity contribution in [1.82, 2.24) is 14.7 Å². The van der Waals surface area contributed by atoms with Crippen LogP contribution >= 0.6 is 0 Å². The minimum absolute atomic E-state index is 0.446. The van der Waals surface area contributed by atoms with Crippen LogP contribution in [-0.2, 0) is 14.4 Å². The fourth-order valence-corrected chi connectivity index (χ4v) is 4.58. The van der Waals surface area contributed by atoms with E-state index in [2.05, 4.69) is 28.8 Å². The highest BCUT2D eigenvalue weighted by Gasteiger charge is 2.40. The van der Waals surface area contributed by atoms with Crippen LogP contribution in [0.2, 0.25) is 0 Å². The van der Waals surface area contributed by atoms with Crippen LogP contribution in [-0.4, -0.2) is 108 Å². The molecule has 2 atom stereocenters. The second kappa shape index (κ2) is 14.0. The van der Waals surface area contributed by atoms with Gasteiger partial charge in [-0.3, -0.25) is 4.79 Å². The van der Waals surface area contributed by atoms with Crippen LogP contribution < -0.4 is 0 Å². The summed E-state index contributed by atoms with van der Waals surface area (Å²) in [6.45, 7) is 6.80. The number of amides is 1. The molecule has 0 aromatic carbocycles. The summed E-state index contributed by atoms with van der Waals surface area (Å²) in [6.07, 6.45) is -2.82. The van der Waals surface area contributed by atoms with Crippen molar-refractivity contribution in [3.63, 3.8) is 0 Å². The highest BCUT2D eigenvalue weighted by molar-refractivity contribution is 5.77. The Kier molecular flexibility index (Phi) is 12.4. The number of likely N-dealkylation sites (N-methyl/N-ethyl adjacent to an activating group) is 1. The van der Waals surface area contributed by atoms with Gasteiger partial charge < -0.3 is 24.9 Å². The fourth-order valence-electron chi connectivity index (χ4n) is 4.58. The molecule has 3 fully saturated rings. The fraction of sp³-hybridized carbons (Fsp3) is 0.864. The first-order chi connectivity index (χ1) is 16.5. The molecule has 0 unspecified atom stereocenters. The van der Waals surface area contributed by atoms with Gasteiger partial charge in [-0.25, -0.2) is 9.59 Å². The largest absolute Gasteiger partial charge is 0.490 e. The molecule has 1 amide bonds. The summed E-state index contributed by atoms with van der Waals surface area (Å²) in [5, 5.41) is 14.2. The normalized spacial score (nSPS) is 22.9. The highest BCUT2D eigenvalue weighted by Crippen LogP contribution is 2.33. The van der Waals surface area contributed by atoms with Gasteiger partial charge in [-0.15, -0.1) is 0 Å². The summed E-state index contributed by atoms with van der Waals surface area (Å²) < 4.78 is 63.5. The van der Waals surface area contributed by atoms with Gasteiger partial charge in [-0.1, -0.05) is 12.8 Å². The number of hydrogen-bond acceptors (Lipinski definition) is 5. The number of carbonyl (C=O) groups excluding carboxylic acids is 1. The first-order valence-electron chi connectivity index (χ1n) is 11.8. The van der Waals surface area contributed by atoms with Crippen LogP contribution in [0.1, 0.15) is 38.5 Å². The second-order valence-corrected chi connectivity index (χ2v) is 9.67. The van der Waals surface area contributed by atoms with Crippen LogP contribution in [0.5, 0.6) is 0 Å². The van der Waals surface area contributed by atoms with E-state index in [1.54, 1.807) is 0 Å². The number of carbonyl (C=O) groups is 3. The third-order valence-corrected chi connectivity index (χ3v) is 6.52. The molecule has 2 aliphatic heterocycles. The van der Waals surface area contributed by atoms with Crippen LogP contribution in [0.4, 0.5) is 26.3 Å². The molecule has 3 rings (SSSR count). The van der Waals surface area contributed by atoms with Crippen molar-refractivity contribution in [1.29, 1.82) is 0 Å². The maximum absolute atomic E-state index is 12.5. The molecule has 1 saturated carbocycles. The Morgan fingerprint density at radius 1 is 0.833 bits per heavy atom. The number of halogens is 6. The zero-order chi connectivity index (χ0) is 27.7. The van der Waals surface area contributed by atoms with Crippen LogP contribution in [0, 0.1) is 17.8 Å². The first kappa shape index (κ1) is 31.9. The lowest BCUT2D eigenvalue weighted by molar-refractivity contribution is -0.193. The molecule has 3 aliphatic rings. The Labute approximate surface area is 206 Å². The summed E-state index contributed by atoms with van der Waals surface area (Å²) in [4.78, 5) is 37.4. The van der Waals surface area contributed by atoms with Gasteiger partial charge in [0.1, 0.15) is 0 Å². The minimum Gasteiger partial charge on any atom is -0.475 e. The van der Waals surface area contributed by atoms with Crippen molar-refractivity contribution in [3.8, 4) is 0 Å². The topological polar surface area (TPSA) is 101 Å². The lowest BCUT2D eigenvalue weighted by Gasteiger charge is -2.34. The molecule has 210 valence electrons.